The average Bonchev–Trinajstić information content (AvgIpc) is 2.65. The van der Waals surface area contributed by atoms with Gasteiger partial charge >= 0.3 is 0 Å². The van der Waals surface area contributed by atoms with Crippen LogP contribution in [0.15, 0.2) is 48.5 Å². The molecule has 3 aromatic rings. The minimum absolute atomic E-state index is 0.238. The molecule has 1 aliphatic carbocycles. The van der Waals surface area contributed by atoms with Crippen molar-refractivity contribution in [3.8, 4) is 16.9 Å². The summed E-state index contributed by atoms with van der Waals surface area (Å²) in [6.45, 7) is 11.7. The predicted octanol–water partition coefficient (Wildman–Crippen LogP) is 7.17. The predicted molar refractivity (Wildman–Crippen MR) is 116 cm³/mol. The van der Waals surface area contributed by atoms with E-state index in [1.165, 1.54) is 51.4 Å². The summed E-state index contributed by atoms with van der Waals surface area (Å²) in [4.78, 5) is 0. The lowest BCUT2D eigenvalue weighted by Gasteiger charge is -2.42. The van der Waals surface area contributed by atoms with Crippen molar-refractivity contribution in [1.82, 2.24) is 0 Å². The molecule has 0 spiro atoms. The fourth-order valence-corrected chi connectivity index (χ4v) is 4.63. The Hall–Kier alpha value is -2.28. The van der Waals surface area contributed by atoms with Crippen LogP contribution in [0.5, 0.6) is 5.75 Å². The van der Waals surface area contributed by atoms with Gasteiger partial charge in [0.05, 0.1) is 7.11 Å². The Morgan fingerprint density at radius 2 is 1.37 bits per heavy atom. The van der Waals surface area contributed by atoms with Gasteiger partial charge in [-0.2, -0.15) is 0 Å². The van der Waals surface area contributed by atoms with E-state index in [4.69, 9.17) is 4.74 Å². The van der Waals surface area contributed by atoms with Gasteiger partial charge in [-0.15, -0.1) is 0 Å². The monoisotopic (exact) mass is 358 g/mol. The normalized spacial score (nSPS) is 17.6. The smallest absolute Gasteiger partial charge is 0.122 e. The molecule has 0 atom stereocenters. The second kappa shape index (κ2) is 6.12. The third-order valence-electron chi connectivity index (χ3n) is 6.65. The zero-order valence-electron chi connectivity index (χ0n) is 17.4. The maximum atomic E-state index is 5.47. The van der Waals surface area contributed by atoms with Gasteiger partial charge in [0, 0.05) is 0 Å². The van der Waals surface area contributed by atoms with Gasteiger partial charge in [-0.1, -0.05) is 64.1 Å². The fraction of sp³-hybridized carbons (Fsp3) is 0.385. The molecule has 0 unspecified atom stereocenters. The van der Waals surface area contributed by atoms with E-state index >= 15 is 0 Å². The van der Waals surface area contributed by atoms with Crippen molar-refractivity contribution in [2.45, 2.75) is 58.3 Å². The molecular weight excluding hydrogens is 328 g/mol. The Bertz CT molecular complexity index is 1020. The highest BCUT2D eigenvalue weighted by Crippen LogP contribution is 2.47. The SMILES string of the molecule is COc1ccc2cc(-c3ccc4c(c3)C(C)(C)CCC4(C)C)ccc2c1C. The van der Waals surface area contributed by atoms with Crippen LogP contribution in [0.25, 0.3) is 21.9 Å². The van der Waals surface area contributed by atoms with Crippen molar-refractivity contribution < 1.29 is 4.74 Å². The quantitative estimate of drug-likeness (QED) is 0.472. The van der Waals surface area contributed by atoms with Crippen molar-refractivity contribution >= 4 is 10.8 Å². The van der Waals surface area contributed by atoms with E-state index in [1.807, 2.05) is 0 Å². The number of rotatable bonds is 2. The van der Waals surface area contributed by atoms with Crippen molar-refractivity contribution in [1.29, 1.82) is 0 Å². The minimum Gasteiger partial charge on any atom is -0.496 e. The van der Waals surface area contributed by atoms with Crippen LogP contribution in [-0.2, 0) is 10.8 Å². The second-order valence-corrected chi connectivity index (χ2v) is 9.36. The first-order valence-corrected chi connectivity index (χ1v) is 9.96. The summed E-state index contributed by atoms with van der Waals surface area (Å²) in [5.74, 6) is 0.952. The molecule has 140 valence electrons. The Balaban J connectivity index is 1.85. The summed E-state index contributed by atoms with van der Waals surface area (Å²) in [6, 6.07) is 18.1. The van der Waals surface area contributed by atoms with Crippen LogP contribution in [0.3, 0.4) is 0 Å². The van der Waals surface area contributed by atoms with Crippen molar-refractivity contribution in [2.75, 3.05) is 7.11 Å². The Morgan fingerprint density at radius 3 is 2.07 bits per heavy atom. The number of methoxy groups -OCH3 is 1. The second-order valence-electron chi connectivity index (χ2n) is 9.36. The maximum Gasteiger partial charge on any atom is 0.122 e. The van der Waals surface area contributed by atoms with E-state index in [0.717, 1.165) is 5.75 Å². The van der Waals surface area contributed by atoms with E-state index in [1.54, 1.807) is 7.11 Å². The van der Waals surface area contributed by atoms with Crippen LogP contribution < -0.4 is 4.74 Å². The average molecular weight is 359 g/mol. The third-order valence-corrected chi connectivity index (χ3v) is 6.65. The molecule has 0 N–H and O–H groups in total. The highest BCUT2D eigenvalue weighted by Gasteiger charge is 2.36. The zero-order chi connectivity index (χ0) is 19.4. The molecule has 0 heterocycles. The number of ether oxygens (including phenoxy) is 1. The van der Waals surface area contributed by atoms with Gasteiger partial charge in [0.2, 0.25) is 0 Å². The molecule has 0 saturated carbocycles. The van der Waals surface area contributed by atoms with Crippen LogP contribution in [0.1, 0.15) is 57.2 Å². The summed E-state index contributed by atoms with van der Waals surface area (Å²) in [5, 5.41) is 2.53. The standard InChI is InChI=1S/C26H30O/c1-17-21-10-7-18(15-20(21)9-12-24(17)27-6)19-8-11-22-23(16-19)26(4,5)14-13-25(22,2)3/h7-12,15-16H,13-14H2,1-6H3. The first-order valence-electron chi connectivity index (χ1n) is 9.96. The summed E-state index contributed by atoms with van der Waals surface area (Å²) in [5.41, 5.74) is 7.34. The molecule has 0 aromatic heterocycles. The van der Waals surface area contributed by atoms with Gasteiger partial charge < -0.3 is 4.74 Å². The van der Waals surface area contributed by atoms with Crippen LogP contribution >= 0.6 is 0 Å². The molecule has 0 fully saturated rings. The summed E-state index contributed by atoms with van der Waals surface area (Å²) in [7, 11) is 1.74. The van der Waals surface area contributed by atoms with Gasteiger partial charge in [-0.3, -0.25) is 0 Å². The van der Waals surface area contributed by atoms with Gasteiger partial charge in [-0.25, -0.2) is 0 Å². The molecule has 4 rings (SSSR count). The first kappa shape index (κ1) is 18.1. The first-order chi connectivity index (χ1) is 12.7. The molecule has 1 heteroatoms. The number of fused-ring (bicyclic) bond motifs is 2. The lowest BCUT2D eigenvalue weighted by molar-refractivity contribution is 0.332. The highest BCUT2D eigenvalue weighted by atomic mass is 16.5. The molecule has 0 aliphatic heterocycles. The number of hydrogen-bond donors (Lipinski definition) is 0. The lowest BCUT2D eigenvalue weighted by Crippen LogP contribution is -2.33. The minimum atomic E-state index is 0.238. The van der Waals surface area contributed by atoms with Crippen molar-refractivity contribution in [3.63, 3.8) is 0 Å². The summed E-state index contributed by atoms with van der Waals surface area (Å²) < 4.78 is 5.47. The van der Waals surface area contributed by atoms with Gasteiger partial charge in [0.15, 0.2) is 0 Å². The van der Waals surface area contributed by atoms with Crippen molar-refractivity contribution in [3.05, 3.63) is 65.2 Å². The van der Waals surface area contributed by atoms with Gasteiger partial charge in [0.1, 0.15) is 5.75 Å². The van der Waals surface area contributed by atoms with E-state index in [9.17, 15) is 0 Å². The number of benzene rings is 3. The Kier molecular flexibility index (Phi) is 4.10. The molecule has 0 saturated heterocycles. The third kappa shape index (κ3) is 2.94. The molecule has 0 bridgehead atoms. The van der Waals surface area contributed by atoms with Crippen molar-refractivity contribution in [2.24, 2.45) is 0 Å². The Morgan fingerprint density at radius 1 is 0.741 bits per heavy atom. The number of aryl methyl sites for hydroxylation is 1. The summed E-state index contributed by atoms with van der Waals surface area (Å²) >= 11 is 0. The van der Waals surface area contributed by atoms with Crippen LogP contribution in [0, 0.1) is 6.92 Å². The lowest BCUT2D eigenvalue weighted by atomic mass is 9.63. The van der Waals surface area contributed by atoms with Crippen LogP contribution in [0.2, 0.25) is 0 Å². The topological polar surface area (TPSA) is 9.23 Å². The maximum absolute atomic E-state index is 5.47. The van der Waals surface area contributed by atoms with Crippen LogP contribution in [-0.4, -0.2) is 7.11 Å². The van der Waals surface area contributed by atoms with E-state index in [0.29, 0.717) is 0 Å². The van der Waals surface area contributed by atoms with Gasteiger partial charge in [0.25, 0.3) is 0 Å². The molecular formula is C26H30O. The zero-order valence-corrected chi connectivity index (χ0v) is 17.4. The molecule has 0 amide bonds. The van der Waals surface area contributed by atoms with E-state index in [-0.39, 0.29) is 10.8 Å². The molecule has 1 aliphatic rings. The molecule has 0 radical (unpaired) electrons. The summed E-state index contributed by atoms with van der Waals surface area (Å²) in [6.07, 6.45) is 2.50. The molecule has 27 heavy (non-hydrogen) atoms. The van der Waals surface area contributed by atoms with E-state index in [2.05, 4.69) is 83.1 Å². The largest absolute Gasteiger partial charge is 0.496 e. The highest BCUT2D eigenvalue weighted by molar-refractivity contribution is 5.91. The molecule has 1 nitrogen and oxygen atoms in total. The Labute approximate surface area is 163 Å². The number of hydrogen-bond acceptors (Lipinski definition) is 1. The fourth-order valence-electron chi connectivity index (χ4n) is 4.63. The van der Waals surface area contributed by atoms with Crippen LogP contribution in [0.4, 0.5) is 0 Å². The van der Waals surface area contributed by atoms with E-state index < -0.39 is 0 Å². The molecule has 3 aromatic carbocycles. The van der Waals surface area contributed by atoms with Gasteiger partial charge in [-0.05, 0) is 81.3 Å².